The number of carbonyl (C=O) groups excluding carboxylic acids is 1. The minimum Gasteiger partial charge on any atom is -0.495 e. The van der Waals surface area contributed by atoms with Crippen molar-refractivity contribution in [2.75, 3.05) is 20.2 Å². The van der Waals surface area contributed by atoms with E-state index in [-0.39, 0.29) is 28.6 Å². The summed E-state index contributed by atoms with van der Waals surface area (Å²) in [6, 6.07) is 4.28. The zero-order valence-corrected chi connectivity index (χ0v) is 16.3. The van der Waals surface area contributed by atoms with Gasteiger partial charge in [0.15, 0.2) is 0 Å². The second kappa shape index (κ2) is 8.57. The number of amides is 1. The molecule has 3 N–H and O–H groups in total. The van der Waals surface area contributed by atoms with Crippen LogP contribution in [-0.4, -0.2) is 54.0 Å². The fourth-order valence-electron chi connectivity index (χ4n) is 3.10. The second-order valence-corrected chi connectivity index (χ2v) is 8.40. The fourth-order valence-corrected chi connectivity index (χ4v) is 4.79. The topological polar surface area (TPSA) is 137 Å². The van der Waals surface area contributed by atoms with Gasteiger partial charge in [0, 0.05) is 18.7 Å². The van der Waals surface area contributed by atoms with Crippen molar-refractivity contribution in [2.24, 2.45) is 0 Å². The van der Waals surface area contributed by atoms with Crippen LogP contribution in [0.1, 0.15) is 41.9 Å². The Morgan fingerprint density at radius 2 is 1.96 bits per heavy atom. The summed E-state index contributed by atoms with van der Waals surface area (Å²) >= 11 is 0. The monoisotopic (exact) mass is 409 g/mol. The number of aromatic nitrogens is 3. The first-order valence-corrected chi connectivity index (χ1v) is 10.5. The summed E-state index contributed by atoms with van der Waals surface area (Å²) in [4.78, 5) is 25.9. The van der Waals surface area contributed by atoms with Crippen LogP contribution >= 0.6 is 0 Å². The highest BCUT2D eigenvalue weighted by molar-refractivity contribution is 7.89. The van der Waals surface area contributed by atoms with E-state index in [0.29, 0.717) is 13.1 Å². The molecule has 11 heteroatoms. The minimum atomic E-state index is -3.78. The molecule has 0 unspecified atom stereocenters. The maximum atomic E-state index is 13.1. The summed E-state index contributed by atoms with van der Waals surface area (Å²) in [7, 11) is -2.39. The van der Waals surface area contributed by atoms with Crippen molar-refractivity contribution in [3.05, 3.63) is 40.1 Å². The third-order valence-corrected chi connectivity index (χ3v) is 6.50. The molecule has 1 aromatic carbocycles. The summed E-state index contributed by atoms with van der Waals surface area (Å²) in [6.45, 7) is 0.903. The number of ether oxygens (including phenoxy) is 1. The Labute approximate surface area is 162 Å². The molecule has 0 radical (unpaired) electrons. The van der Waals surface area contributed by atoms with Crippen molar-refractivity contribution in [3.63, 3.8) is 0 Å². The van der Waals surface area contributed by atoms with Crippen LogP contribution in [0.15, 0.2) is 27.9 Å². The van der Waals surface area contributed by atoms with Gasteiger partial charge in [-0.25, -0.2) is 18.3 Å². The third-order valence-electron chi connectivity index (χ3n) is 4.58. The van der Waals surface area contributed by atoms with Crippen LogP contribution in [0.25, 0.3) is 0 Å². The van der Waals surface area contributed by atoms with Gasteiger partial charge in [-0.1, -0.05) is 12.8 Å². The molecule has 0 aliphatic carbocycles. The Kier molecular flexibility index (Phi) is 6.15. The molecule has 1 saturated heterocycles. The molecule has 2 heterocycles. The van der Waals surface area contributed by atoms with Crippen LogP contribution in [-0.2, 0) is 16.6 Å². The lowest BCUT2D eigenvalue weighted by atomic mass is 10.2. The summed E-state index contributed by atoms with van der Waals surface area (Å²) < 4.78 is 33.0. The van der Waals surface area contributed by atoms with E-state index in [2.05, 4.69) is 20.5 Å². The molecule has 1 aliphatic heterocycles. The first kappa shape index (κ1) is 20.1. The van der Waals surface area contributed by atoms with E-state index in [1.165, 1.54) is 29.6 Å². The molecular weight excluding hydrogens is 386 g/mol. The lowest BCUT2D eigenvalue weighted by molar-refractivity contribution is 0.0949. The average Bonchev–Trinajstić information content (AvgIpc) is 2.93. The molecule has 0 spiro atoms. The molecule has 1 aromatic heterocycles. The van der Waals surface area contributed by atoms with Crippen LogP contribution in [0.4, 0.5) is 0 Å². The lowest BCUT2D eigenvalue weighted by Gasteiger charge is -2.21. The number of methoxy groups -OCH3 is 1. The SMILES string of the molecule is COc1ccc(C(=O)NCc2n[nH]c(=O)[nH]2)cc1S(=O)(=O)N1CCCCCC1. The molecule has 1 aliphatic rings. The van der Waals surface area contributed by atoms with Crippen LogP contribution in [0.2, 0.25) is 0 Å². The molecule has 1 amide bonds. The van der Waals surface area contributed by atoms with Gasteiger partial charge in [0.2, 0.25) is 10.0 Å². The molecule has 3 rings (SSSR count). The fraction of sp³-hybridized carbons (Fsp3) is 0.471. The normalized spacial score (nSPS) is 15.8. The Bertz CT molecular complexity index is 989. The zero-order chi connectivity index (χ0) is 20.1. The molecule has 28 heavy (non-hydrogen) atoms. The second-order valence-electron chi connectivity index (χ2n) is 6.49. The van der Waals surface area contributed by atoms with Gasteiger partial charge in [-0.05, 0) is 31.0 Å². The standard InChI is InChI=1S/C17H23N5O5S/c1-27-13-7-6-12(16(23)18-11-15-19-17(24)21-20-15)10-14(13)28(25,26)22-8-4-2-3-5-9-22/h6-7,10H,2-5,8-9,11H2,1H3,(H,18,23)(H2,19,20,21,24). The molecule has 0 atom stereocenters. The Hall–Kier alpha value is -2.66. The number of sulfonamides is 1. The predicted molar refractivity (Wildman–Crippen MR) is 101 cm³/mol. The van der Waals surface area contributed by atoms with Gasteiger partial charge in [0.05, 0.1) is 13.7 Å². The summed E-state index contributed by atoms with van der Waals surface area (Å²) in [5, 5.41) is 8.50. The highest BCUT2D eigenvalue weighted by Gasteiger charge is 2.29. The predicted octanol–water partition coefficient (Wildman–Crippen LogP) is 0.601. The summed E-state index contributed by atoms with van der Waals surface area (Å²) in [6.07, 6.45) is 3.62. The van der Waals surface area contributed by atoms with E-state index >= 15 is 0 Å². The maximum Gasteiger partial charge on any atom is 0.340 e. The molecule has 1 fully saturated rings. The molecule has 10 nitrogen and oxygen atoms in total. The van der Waals surface area contributed by atoms with Crippen LogP contribution < -0.4 is 15.7 Å². The van der Waals surface area contributed by atoms with E-state index in [0.717, 1.165) is 25.7 Å². The van der Waals surface area contributed by atoms with Gasteiger partial charge in [-0.2, -0.15) is 9.40 Å². The molecule has 152 valence electrons. The smallest absolute Gasteiger partial charge is 0.340 e. The number of nitrogens with one attached hydrogen (secondary N) is 3. The highest BCUT2D eigenvalue weighted by atomic mass is 32.2. The molecule has 0 bridgehead atoms. The van der Waals surface area contributed by atoms with Gasteiger partial charge in [-0.3, -0.25) is 9.78 Å². The Balaban J connectivity index is 1.84. The number of carbonyl (C=O) groups is 1. The number of hydrogen-bond acceptors (Lipinski definition) is 6. The van der Waals surface area contributed by atoms with E-state index in [4.69, 9.17) is 4.74 Å². The van der Waals surface area contributed by atoms with Crippen molar-refractivity contribution >= 4 is 15.9 Å². The van der Waals surface area contributed by atoms with Gasteiger partial charge < -0.3 is 10.1 Å². The van der Waals surface area contributed by atoms with E-state index in [9.17, 15) is 18.0 Å². The molecular formula is C17H23N5O5S. The van der Waals surface area contributed by atoms with E-state index in [1.807, 2.05) is 0 Å². The molecule has 0 saturated carbocycles. The highest BCUT2D eigenvalue weighted by Crippen LogP contribution is 2.29. The number of rotatable bonds is 6. The van der Waals surface area contributed by atoms with Crippen LogP contribution in [0, 0.1) is 0 Å². The van der Waals surface area contributed by atoms with Gasteiger partial charge in [0.1, 0.15) is 16.5 Å². The number of benzene rings is 1. The quantitative estimate of drug-likeness (QED) is 0.639. The van der Waals surface area contributed by atoms with Crippen molar-refractivity contribution in [2.45, 2.75) is 37.1 Å². The Morgan fingerprint density at radius 3 is 2.57 bits per heavy atom. The zero-order valence-electron chi connectivity index (χ0n) is 15.5. The van der Waals surface area contributed by atoms with Crippen molar-refractivity contribution in [1.29, 1.82) is 0 Å². The summed E-state index contributed by atoms with van der Waals surface area (Å²) in [5.41, 5.74) is -0.299. The van der Waals surface area contributed by atoms with Crippen molar-refractivity contribution < 1.29 is 17.9 Å². The summed E-state index contributed by atoms with van der Waals surface area (Å²) in [5.74, 6) is -0.0273. The van der Waals surface area contributed by atoms with Gasteiger partial charge in [0.25, 0.3) is 5.91 Å². The number of H-pyrrole nitrogens is 2. The first-order chi connectivity index (χ1) is 13.4. The van der Waals surface area contributed by atoms with Crippen LogP contribution in [0.3, 0.4) is 0 Å². The van der Waals surface area contributed by atoms with Crippen molar-refractivity contribution in [1.82, 2.24) is 24.8 Å². The number of hydrogen-bond donors (Lipinski definition) is 3. The third kappa shape index (κ3) is 4.42. The first-order valence-electron chi connectivity index (χ1n) is 9.02. The number of nitrogens with zero attached hydrogens (tertiary/aromatic N) is 2. The van der Waals surface area contributed by atoms with Gasteiger partial charge in [-0.15, -0.1) is 0 Å². The number of aromatic amines is 2. The minimum absolute atomic E-state index is 0.00217. The van der Waals surface area contributed by atoms with E-state index in [1.54, 1.807) is 0 Å². The van der Waals surface area contributed by atoms with Crippen LogP contribution in [0.5, 0.6) is 5.75 Å². The molecule has 2 aromatic rings. The Morgan fingerprint density at radius 1 is 1.25 bits per heavy atom. The average molecular weight is 409 g/mol. The lowest BCUT2D eigenvalue weighted by Crippen LogP contribution is -2.32. The largest absolute Gasteiger partial charge is 0.495 e. The maximum absolute atomic E-state index is 13.1. The van der Waals surface area contributed by atoms with E-state index < -0.39 is 21.6 Å². The van der Waals surface area contributed by atoms with Crippen molar-refractivity contribution in [3.8, 4) is 5.75 Å². The van der Waals surface area contributed by atoms with Gasteiger partial charge >= 0.3 is 5.69 Å².